The molecule has 0 aliphatic rings. The number of methoxy groups -OCH3 is 2. The molecule has 0 saturated carbocycles. The highest BCUT2D eigenvalue weighted by atomic mass is 16.5. The van der Waals surface area contributed by atoms with Gasteiger partial charge in [-0.25, -0.2) is 0 Å². The summed E-state index contributed by atoms with van der Waals surface area (Å²) in [6.07, 6.45) is 0.879. The summed E-state index contributed by atoms with van der Waals surface area (Å²) in [5, 5.41) is 2.77. The molecular weight excluding hydrogens is 296 g/mol. The summed E-state index contributed by atoms with van der Waals surface area (Å²) < 4.78 is 10.4. The fourth-order valence-corrected chi connectivity index (χ4v) is 2.12. The number of aryl methyl sites for hydroxylation is 1. The largest absolute Gasteiger partial charge is 0.497 e. The van der Waals surface area contributed by atoms with Gasteiger partial charge in [0, 0.05) is 25.6 Å². The summed E-state index contributed by atoms with van der Waals surface area (Å²) in [4.78, 5) is 25.2. The van der Waals surface area contributed by atoms with Crippen molar-refractivity contribution in [3.63, 3.8) is 0 Å². The van der Waals surface area contributed by atoms with Crippen LogP contribution in [0.5, 0.6) is 11.5 Å². The second-order valence-corrected chi connectivity index (χ2v) is 5.69. The molecule has 0 radical (unpaired) electrons. The third-order valence-corrected chi connectivity index (χ3v) is 3.29. The number of carbonyl (C=O) groups excluding carboxylic acids is 2. The van der Waals surface area contributed by atoms with E-state index in [0.29, 0.717) is 24.3 Å². The van der Waals surface area contributed by atoms with Gasteiger partial charge in [-0.05, 0) is 38.0 Å². The second-order valence-electron chi connectivity index (χ2n) is 5.69. The number of amides is 2. The van der Waals surface area contributed by atoms with Crippen LogP contribution in [-0.4, -0.2) is 50.6 Å². The van der Waals surface area contributed by atoms with Crippen LogP contribution in [0.2, 0.25) is 0 Å². The van der Waals surface area contributed by atoms with E-state index in [9.17, 15) is 9.59 Å². The molecule has 1 aromatic rings. The zero-order chi connectivity index (χ0) is 17.4. The van der Waals surface area contributed by atoms with Crippen molar-refractivity contribution in [3.05, 3.63) is 23.8 Å². The standard InChI is InChI=1S/C17H26N2O4/c1-12(2)18-16(20)11-19(3)17(21)7-6-13-8-14(22-4)10-15(9-13)23-5/h8-10,12H,6-7,11H2,1-5H3,(H,18,20). The normalized spacial score (nSPS) is 10.3. The topological polar surface area (TPSA) is 67.9 Å². The Morgan fingerprint density at radius 3 is 2.17 bits per heavy atom. The van der Waals surface area contributed by atoms with Gasteiger partial charge in [0.2, 0.25) is 11.8 Å². The Bertz CT molecular complexity index is 521. The Kier molecular flexibility index (Phi) is 7.38. The summed E-state index contributed by atoms with van der Waals surface area (Å²) in [6, 6.07) is 5.60. The molecule has 0 aromatic heterocycles. The number of carbonyl (C=O) groups is 2. The fraction of sp³-hybridized carbons (Fsp3) is 0.529. The Morgan fingerprint density at radius 1 is 1.13 bits per heavy atom. The minimum Gasteiger partial charge on any atom is -0.497 e. The highest BCUT2D eigenvalue weighted by Gasteiger charge is 2.14. The van der Waals surface area contributed by atoms with Crippen LogP contribution in [0.1, 0.15) is 25.8 Å². The van der Waals surface area contributed by atoms with Crippen LogP contribution in [-0.2, 0) is 16.0 Å². The fourth-order valence-electron chi connectivity index (χ4n) is 2.12. The number of likely N-dealkylation sites (N-methyl/N-ethyl adjacent to an activating group) is 1. The molecule has 128 valence electrons. The van der Waals surface area contributed by atoms with E-state index in [-0.39, 0.29) is 24.4 Å². The molecule has 1 rings (SSSR count). The van der Waals surface area contributed by atoms with E-state index in [2.05, 4.69) is 5.32 Å². The van der Waals surface area contributed by atoms with Crippen molar-refractivity contribution in [1.82, 2.24) is 10.2 Å². The first-order valence-electron chi connectivity index (χ1n) is 7.61. The molecule has 6 nitrogen and oxygen atoms in total. The van der Waals surface area contributed by atoms with E-state index in [1.165, 1.54) is 4.90 Å². The zero-order valence-electron chi connectivity index (χ0n) is 14.5. The molecule has 1 aromatic carbocycles. The van der Waals surface area contributed by atoms with Crippen LogP contribution < -0.4 is 14.8 Å². The van der Waals surface area contributed by atoms with Crippen molar-refractivity contribution in [2.45, 2.75) is 32.7 Å². The maximum Gasteiger partial charge on any atom is 0.239 e. The Balaban J connectivity index is 2.56. The molecule has 0 aliphatic heterocycles. The number of ether oxygens (including phenoxy) is 2. The number of nitrogens with one attached hydrogen (secondary N) is 1. The van der Waals surface area contributed by atoms with Gasteiger partial charge in [-0.3, -0.25) is 9.59 Å². The zero-order valence-corrected chi connectivity index (χ0v) is 14.5. The van der Waals surface area contributed by atoms with Gasteiger partial charge >= 0.3 is 0 Å². The van der Waals surface area contributed by atoms with Gasteiger partial charge in [-0.15, -0.1) is 0 Å². The van der Waals surface area contributed by atoms with E-state index < -0.39 is 0 Å². The van der Waals surface area contributed by atoms with E-state index in [0.717, 1.165) is 5.56 Å². The van der Waals surface area contributed by atoms with Gasteiger partial charge in [-0.1, -0.05) is 0 Å². The van der Waals surface area contributed by atoms with E-state index in [1.807, 2.05) is 26.0 Å². The molecule has 0 unspecified atom stereocenters. The summed E-state index contributed by atoms with van der Waals surface area (Å²) in [7, 11) is 4.81. The van der Waals surface area contributed by atoms with Crippen molar-refractivity contribution in [3.8, 4) is 11.5 Å². The number of benzene rings is 1. The third kappa shape index (κ3) is 6.59. The lowest BCUT2D eigenvalue weighted by atomic mass is 10.1. The molecule has 0 fully saturated rings. The predicted octanol–water partition coefficient (Wildman–Crippen LogP) is 1.62. The molecular formula is C17H26N2O4. The molecule has 0 spiro atoms. The Labute approximate surface area is 137 Å². The molecule has 0 heterocycles. The average molecular weight is 322 g/mol. The van der Waals surface area contributed by atoms with Crippen LogP contribution in [0.15, 0.2) is 18.2 Å². The van der Waals surface area contributed by atoms with Crippen molar-refractivity contribution in [1.29, 1.82) is 0 Å². The lowest BCUT2D eigenvalue weighted by molar-refractivity contribution is -0.134. The predicted molar refractivity (Wildman–Crippen MR) is 88.8 cm³/mol. The van der Waals surface area contributed by atoms with E-state index in [4.69, 9.17) is 9.47 Å². The van der Waals surface area contributed by atoms with Crippen LogP contribution in [0, 0.1) is 0 Å². The molecule has 0 bridgehead atoms. The molecule has 1 N–H and O–H groups in total. The second kappa shape index (κ2) is 9.02. The smallest absolute Gasteiger partial charge is 0.239 e. The summed E-state index contributed by atoms with van der Waals surface area (Å²) in [6.45, 7) is 3.84. The lowest BCUT2D eigenvalue weighted by Crippen LogP contribution is -2.40. The number of nitrogens with zero attached hydrogens (tertiary/aromatic N) is 1. The molecule has 0 aliphatic carbocycles. The minimum absolute atomic E-state index is 0.0650. The monoisotopic (exact) mass is 322 g/mol. The lowest BCUT2D eigenvalue weighted by Gasteiger charge is -2.18. The highest BCUT2D eigenvalue weighted by molar-refractivity contribution is 5.84. The molecule has 2 amide bonds. The van der Waals surface area contributed by atoms with Crippen molar-refractivity contribution < 1.29 is 19.1 Å². The average Bonchev–Trinajstić information content (AvgIpc) is 2.51. The Hall–Kier alpha value is -2.24. The van der Waals surface area contributed by atoms with Crippen molar-refractivity contribution >= 4 is 11.8 Å². The van der Waals surface area contributed by atoms with Crippen molar-refractivity contribution in [2.24, 2.45) is 0 Å². The van der Waals surface area contributed by atoms with Gasteiger partial charge in [-0.2, -0.15) is 0 Å². The van der Waals surface area contributed by atoms with Gasteiger partial charge in [0.15, 0.2) is 0 Å². The molecule has 0 saturated heterocycles. The highest BCUT2D eigenvalue weighted by Crippen LogP contribution is 2.23. The number of rotatable bonds is 8. The summed E-state index contributed by atoms with van der Waals surface area (Å²) >= 11 is 0. The SMILES string of the molecule is COc1cc(CCC(=O)N(C)CC(=O)NC(C)C)cc(OC)c1. The summed E-state index contributed by atoms with van der Waals surface area (Å²) in [5.41, 5.74) is 0.953. The quantitative estimate of drug-likeness (QED) is 0.790. The van der Waals surface area contributed by atoms with Crippen LogP contribution in [0.25, 0.3) is 0 Å². The first-order valence-corrected chi connectivity index (χ1v) is 7.61. The first-order chi connectivity index (χ1) is 10.8. The number of hydrogen-bond acceptors (Lipinski definition) is 4. The van der Waals surface area contributed by atoms with E-state index in [1.54, 1.807) is 27.3 Å². The van der Waals surface area contributed by atoms with Crippen molar-refractivity contribution in [2.75, 3.05) is 27.8 Å². The van der Waals surface area contributed by atoms with Gasteiger partial charge in [0.05, 0.1) is 20.8 Å². The number of hydrogen-bond donors (Lipinski definition) is 1. The molecule has 23 heavy (non-hydrogen) atoms. The van der Waals surface area contributed by atoms with Gasteiger partial charge < -0.3 is 19.7 Å². The minimum atomic E-state index is -0.154. The van der Waals surface area contributed by atoms with Gasteiger partial charge in [0.25, 0.3) is 0 Å². The summed E-state index contributed by atoms with van der Waals surface area (Å²) in [5.74, 6) is 1.15. The van der Waals surface area contributed by atoms with Crippen LogP contribution in [0.4, 0.5) is 0 Å². The maximum absolute atomic E-state index is 12.1. The molecule has 0 atom stereocenters. The Morgan fingerprint density at radius 2 is 1.70 bits per heavy atom. The van der Waals surface area contributed by atoms with Crippen LogP contribution in [0.3, 0.4) is 0 Å². The maximum atomic E-state index is 12.1. The van der Waals surface area contributed by atoms with E-state index >= 15 is 0 Å². The molecule has 6 heteroatoms. The van der Waals surface area contributed by atoms with Crippen LogP contribution >= 0.6 is 0 Å². The first kappa shape index (κ1) is 18.8. The third-order valence-electron chi connectivity index (χ3n) is 3.29. The van der Waals surface area contributed by atoms with Gasteiger partial charge in [0.1, 0.15) is 11.5 Å².